The zero-order valence-corrected chi connectivity index (χ0v) is 34.0. The molecular formula is C43H51NO16. The Balaban J connectivity index is 1.62. The van der Waals surface area contributed by atoms with Gasteiger partial charge >= 0.3 is 23.9 Å². The molecule has 0 aliphatic carbocycles. The predicted octanol–water partition coefficient (Wildman–Crippen LogP) is 3.29. The van der Waals surface area contributed by atoms with Gasteiger partial charge in [0.2, 0.25) is 5.91 Å². The average Bonchev–Trinajstić information content (AvgIpc) is 3.23. The summed E-state index contributed by atoms with van der Waals surface area (Å²) in [5.74, 6) is -3.84. The van der Waals surface area contributed by atoms with Crippen LogP contribution >= 0.6 is 0 Å². The van der Waals surface area contributed by atoms with Gasteiger partial charge in [-0.05, 0) is 16.7 Å². The number of hydrogen-bond acceptors (Lipinski definition) is 16. The van der Waals surface area contributed by atoms with E-state index in [0.29, 0.717) is 0 Å². The van der Waals surface area contributed by atoms with Gasteiger partial charge in [0.05, 0.1) is 19.8 Å². The summed E-state index contributed by atoms with van der Waals surface area (Å²) in [4.78, 5) is 63.9. The first-order chi connectivity index (χ1) is 28.9. The van der Waals surface area contributed by atoms with E-state index < -0.39 is 105 Å². The lowest BCUT2D eigenvalue weighted by atomic mass is 9.94. The van der Waals surface area contributed by atoms with Crippen molar-refractivity contribution in [1.29, 1.82) is 0 Å². The molecule has 324 valence electrons. The Morgan fingerprint density at radius 2 is 1.08 bits per heavy atom. The molecule has 17 nitrogen and oxygen atoms in total. The average molecular weight is 838 g/mol. The third-order valence-electron chi connectivity index (χ3n) is 9.24. The largest absolute Gasteiger partial charge is 0.463 e. The monoisotopic (exact) mass is 837 g/mol. The first-order valence-corrected chi connectivity index (χ1v) is 19.3. The van der Waals surface area contributed by atoms with Crippen molar-refractivity contribution < 1.29 is 76.1 Å². The van der Waals surface area contributed by atoms with Gasteiger partial charge in [0.15, 0.2) is 37.7 Å². The summed E-state index contributed by atoms with van der Waals surface area (Å²) >= 11 is 0. The molecule has 10 atom stereocenters. The lowest BCUT2D eigenvalue weighted by Gasteiger charge is -2.49. The van der Waals surface area contributed by atoms with Gasteiger partial charge in [-0.25, -0.2) is 4.79 Å². The minimum Gasteiger partial charge on any atom is -0.463 e. The van der Waals surface area contributed by atoms with E-state index in [1.165, 1.54) is 14.0 Å². The molecule has 17 heteroatoms. The van der Waals surface area contributed by atoms with Crippen molar-refractivity contribution in [2.24, 2.45) is 0 Å². The molecule has 3 aromatic rings. The topological polar surface area (TPSA) is 199 Å². The van der Waals surface area contributed by atoms with Gasteiger partial charge in [-0.1, -0.05) is 91.0 Å². The normalized spacial score (nSPS) is 26.3. The fourth-order valence-corrected chi connectivity index (χ4v) is 6.70. The molecule has 0 aromatic heterocycles. The van der Waals surface area contributed by atoms with Crippen molar-refractivity contribution in [3.63, 3.8) is 0 Å². The SMILES string of the molecule is COCOC(=O)[C@H]1O[C@H](OCc2ccccc2)[C@H](OCc2ccccc2)[C@@H](OCc2ccccc2)[C@@H]1O[C@@H]1O[C@H](COC(C)=O)[C@H](OC(C)=O)[C@H](OC(C)=O)[C@H]1NC(C)=O. The van der Waals surface area contributed by atoms with Crippen molar-refractivity contribution in [1.82, 2.24) is 5.32 Å². The van der Waals surface area contributed by atoms with Crippen LogP contribution < -0.4 is 5.32 Å². The van der Waals surface area contributed by atoms with Crippen LogP contribution in [0.1, 0.15) is 44.4 Å². The van der Waals surface area contributed by atoms with Crippen LogP contribution in [-0.4, -0.2) is 112 Å². The standard InChI is InChI=1S/C43H51NO16/c1-26(45)44-34-36(57-29(4)48)35(56-28(3)47)33(24-51-27(2)46)58-42(34)59-38-37(52-21-30-15-9-6-10-16-30)40(53-22-31-17-11-7-12-18-31)43(54-23-32-19-13-8-14-20-32)60-39(38)41(49)55-25-50-5/h6-20,33-40,42-43H,21-25H2,1-5H3,(H,44,45)/t33-,34-,35+,36-,37+,38+,39+,40-,42+,43+/m1/s1. The van der Waals surface area contributed by atoms with E-state index in [4.69, 9.17) is 52.1 Å². The van der Waals surface area contributed by atoms with Gasteiger partial charge in [-0.2, -0.15) is 0 Å². The summed E-state index contributed by atoms with van der Waals surface area (Å²) in [6.45, 7) is 3.75. The van der Waals surface area contributed by atoms with E-state index in [1.807, 2.05) is 91.0 Å². The van der Waals surface area contributed by atoms with Crippen molar-refractivity contribution in [3.05, 3.63) is 108 Å². The number of rotatable bonds is 19. The third-order valence-corrected chi connectivity index (χ3v) is 9.24. The Kier molecular flexibility index (Phi) is 17.5. The molecule has 0 radical (unpaired) electrons. The van der Waals surface area contributed by atoms with Crippen molar-refractivity contribution in [3.8, 4) is 0 Å². The maximum Gasteiger partial charge on any atom is 0.340 e. The van der Waals surface area contributed by atoms with Gasteiger partial charge in [-0.15, -0.1) is 0 Å². The number of hydrogen-bond donors (Lipinski definition) is 1. The smallest absolute Gasteiger partial charge is 0.340 e. The van der Waals surface area contributed by atoms with Gasteiger partial charge in [0, 0.05) is 34.8 Å². The van der Waals surface area contributed by atoms with E-state index in [0.717, 1.165) is 37.5 Å². The Morgan fingerprint density at radius 1 is 0.567 bits per heavy atom. The molecule has 5 rings (SSSR count). The van der Waals surface area contributed by atoms with Crippen LogP contribution in [0.3, 0.4) is 0 Å². The van der Waals surface area contributed by atoms with Crippen LogP contribution in [0.25, 0.3) is 0 Å². The molecule has 0 spiro atoms. The maximum atomic E-state index is 14.1. The molecule has 2 heterocycles. The van der Waals surface area contributed by atoms with Crippen LogP contribution in [0.4, 0.5) is 0 Å². The van der Waals surface area contributed by atoms with Crippen LogP contribution in [0, 0.1) is 0 Å². The second-order valence-corrected chi connectivity index (χ2v) is 13.9. The second kappa shape index (κ2) is 22.9. The fraction of sp³-hybridized carbons (Fsp3) is 0.465. The summed E-state index contributed by atoms with van der Waals surface area (Å²) in [5, 5.41) is 2.68. The van der Waals surface area contributed by atoms with E-state index in [-0.39, 0.29) is 19.8 Å². The minimum absolute atomic E-state index is 0.0118. The summed E-state index contributed by atoms with van der Waals surface area (Å²) in [5.41, 5.74) is 2.36. The highest BCUT2D eigenvalue weighted by molar-refractivity contribution is 5.76. The van der Waals surface area contributed by atoms with Crippen LogP contribution in [0.15, 0.2) is 91.0 Å². The molecule has 1 amide bonds. The van der Waals surface area contributed by atoms with Crippen molar-refractivity contribution in [2.45, 2.75) is 109 Å². The maximum absolute atomic E-state index is 14.1. The van der Waals surface area contributed by atoms with Crippen LogP contribution in [-0.2, 0) is 95.9 Å². The molecule has 1 N–H and O–H groups in total. The Morgan fingerprint density at radius 3 is 1.58 bits per heavy atom. The lowest BCUT2D eigenvalue weighted by Crippen LogP contribution is -2.69. The highest BCUT2D eigenvalue weighted by Gasteiger charge is 2.57. The molecule has 60 heavy (non-hydrogen) atoms. The molecular weight excluding hydrogens is 786 g/mol. The Hall–Kier alpha value is -5.27. The number of methoxy groups -OCH3 is 1. The molecule has 0 bridgehead atoms. The van der Waals surface area contributed by atoms with Crippen molar-refractivity contribution >= 4 is 29.8 Å². The van der Waals surface area contributed by atoms with Gasteiger partial charge in [-0.3, -0.25) is 19.2 Å². The summed E-state index contributed by atoms with van der Waals surface area (Å²) in [7, 11) is 1.33. The number of benzene rings is 3. The zero-order valence-electron chi connectivity index (χ0n) is 34.0. The molecule has 3 aromatic carbocycles. The zero-order chi connectivity index (χ0) is 43.0. The quantitative estimate of drug-likeness (QED) is 0.105. The summed E-state index contributed by atoms with van der Waals surface area (Å²) in [6, 6.07) is 26.4. The lowest BCUT2D eigenvalue weighted by molar-refractivity contribution is -0.354. The predicted molar refractivity (Wildman–Crippen MR) is 207 cm³/mol. The number of ether oxygens (including phenoxy) is 11. The van der Waals surface area contributed by atoms with Crippen molar-refractivity contribution in [2.75, 3.05) is 20.5 Å². The number of amides is 1. The Bertz CT molecular complexity index is 1830. The summed E-state index contributed by atoms with van der Waals surface area (Å²) < 4.78 is 66.1. The molecule has 0 saturated carbocycles. The molecule has 2 fully saturated rings. The second-order valence-electron chi connectivity index (χ2n) is 13.9. The molecule has 2 aliphatic heterocycles. The highest BCUT2D eigenvalue weighted by Crippen LogP contribution is 2.36. The van der Waals surface area contributed by atoms with Gasteiger partial charge in [0.25, 0.3) is 0 Å². The minimum atomic E-state index is -1.63. The third kappa shape index (κ3) is 13.4. The summed E-state index contributed by atoms with van der Waals surface area (Å²) in [6.07, 6.45) is -12.6. The van der Waals surface area contributed by atoms with Gasteiger partial charge in [0.1, 0.15) is 37.1 Å². The van der Waals surface area contributed by atoms with E-state index in [9.17, 15) is 24.0 Å². The first kappa shape index (κ1) is 45.8. The Labute approximate surface area is 347 Å². The number of nitrogens with one attached hydrogen (secondary N) is 1. The van der Waals surface area contributed by atoms with E-state index >= 15 is 0 Å². The molecule has 0 unspecified atom stereocenters. The highest BCUT2D eigenvalue weighted by atomic mass is 16.8. The molecule has 2 saturated heterocycles. The molecule has 2 aliphatic rings. The van der Waals surface area contributed by atoms with Gasteiger partial charge < -0.3 is 57.4 Å². The van der Waals surface area contributed by atoms with E-state index in [1.54, 1.807) is 0 Å². The fourth-order valence-electron chi connectivity index (χ4n) is 6.70. The first-order valence-electron chi connectivity index (χ1n) is 19.3. The van der Waals surface area contributed by atoms with Crippen LogP contribution in [0.2, 0.25) is 0 Å². The van der Waals surface area contributed by atoms with Crippen LogP contribution in [0.5, 0.6) is 0 Å². The van der Waals surface area contributed by atoms with E-state index in [2.05, 4.69) is 5.32 Å². The number of carbonyl (C=O) groups excluding carboxylic acids is 5. The number of esters is 4. The number of carbonyl (C=O) groups is 5.